The molecule has 5 aromatic rings. The fourth-order valence-corrected chi connectivity index (χ4v) is 5.10. The summed E-state index contributed by atoms with van der Waals surface area (Å²) in [6, 6.07) is 16.0. The molecule has 0 fully saturated rings. The zero-order chi connectivity index (χ0) is 29.3. The van der Waals surface area contributed by atoms with Gasteiger partial charge in [0.15, 0.2) is 23.4 Å². The summed E-state index contributed by atoms with van der Waals surface area (Å²) in [6.45, 7) is 3.47. The number of halogens is 3. The first kappa shape index (κ1) is 28.8. The Bertz CT molecular complexity index is 1880. The van der Waals surface area contributed by atoms with E-state index in [-0.39, 0.29) is 34.5 Å². The van der Waals surface area contributed by atoms with Gasteiger partial charge in [0, 0.05) is 19.9 Å². The van der Waals surface area contributed by atoms with E-state index in [1.54, 1.807) is 50.2 Å². The summed E-state index contributed by atoms with van der Waals surface area (Å²) in [4.78, 5) is 30.4. The van der Waals surface area contributed by atoms with Gasteiger partial charge >= 0.3 is 5.97 Å². The second-order valence-corrected chi connectivity index (χ2v) is 10.8. The molecule has 0 aliphatic rings. The molecule has 2 heterocycles. The minimum absolute atomic E-state index is 0.147. The molecule has 0 bridgehead atoms. The fourth-order valence-electron chi connectivity index (χ4n) is 4.08. The van der Waals surface area contributed by atoms with E-state index in [9.17, 15) is 9.59 Å². The summed E-state index contributed by atoms with van der Waals surface area (Å²) >= 11 is 13.6. The first-order chi connectivity index (χ1) is 19.7. The average Bonchev–Trinajstić information content (AvgIpc) is 3.39. The molecule has 5 rings (SSSR count). The lowest BCUT2D eigenvalue weighted by molar-refractivity contribution is -0.150. The monoisotopic (exact) mass is 701 g/mol. The van der Waals surface area contributed by atoms with Crippen LogP contribution in [-0.4, -0.2) is 41.7 Å². The molecule has 0 saturated heterocycles. The number of aromatic nitrogens is 2. The third kappa shape index (κ3) is 5.74. The van der Waals surface area contributed by atoms with E-state index < -0.39 is 12.1 Å². The van der Waals surface area contributed by atoms with Gasteiger partial charge in [0.1, 0.15) is 10.6 Å². The number of nitrogens with zero attached hydrogens (tertiary/aromatic N) is 3. The van der Waals surface area contributed by atoms with Crippen molar-refractivity contribution in [2.75, 3.05) is 13.7 Å². The van der Waals surface area contributed by atoms with Gasteiger partial charge in [-0.2, -0.15) is 9.78 Å². The molecule has 2 aromatic heterocycles. The first-order valence-corrected chi connectivity index (χ1v) is 14.3. The van der Waals surface area contributed by atoms with E-state index in [1.807, 2.05) is 18.2 Å². The Morgan fingerprint density at radius 1 is 1.20 bits per heavy atom. The first-order valence-electron chi connectivity index (χ1n) is 12.4. The summed E-state index contributed by atoms with van der Waals surface area (Å²) in [5.41, 5.74) is 1.22. The van der Waals surface area contributed by atoms with Crippen molar-refractivity contribution >= 4 is 77.5 Å². The largest absolute Gasteiger partial charge is 0.493 e. The normalized spacial score (nSPS) is 12.2. The quantitative estimate of drug-likeness (QED) is 0.124. The highest BCUT2D eigenvalue weighted by atomic mass is 79.9. The number of methoxy groups -OCH3 is 1. The van der Waals surface area contributed by atoms with Crippen molar-refractivity contribution in [3.63, 3.8) is 0 Å². The molecule has 0 radical (unpaired) electrons. The highest BCUT2D eigenvalue weighted by Crippen LogP contribution is 2.42. The molecule has 1 atom stereocenters. The van der Waals surface area contributed by atoms with E-state index >= 15 is 0 Å². The van der Waals surface area contributed by atoms with Crippen LogP contribution in [0.4, 0.5) is 0 Å². The molecule has 0 saturated carbocycles. The maximum atomic E-state index is 13.6. The van der Waals surface area contributed by atoms with Gasteiger partial charge < -0.3 is 18.6 Å². The van der Waals surface area contributed by atoms with Crippen molar-refractivity contribution in [2.45, 2.75) is 20.0 Å². The van der Waals surface area contributed by atoms with E-state index in [2.05, 4.69) is 37.0 Å². The number of para-hydroxylation sites is 1. The summed E-state index contributed by atoms with van der Waals surface area (Å²) in [6.07, 6.45) is 0.513. The molecule has 9 nitrogen and oxygen atoms in total. The molecule has 0 amide bonds. The SMILES string of the molecule is CCOC(=O)[C@H](C)Oc1c(OC)cc(C=Nn2c(-c3cc4cc(Br)ccc4o3)nc3ccccc3c2=O)c(Br)c1Cl. The Morgan fingerprint density at radius 2 is 1.98 bits per heavy atom. The van der Waals surface area contributed by atoms with Crippen LogP contribution in [0.15, 0.2) is 77.9 Å². The average molecular weight is 704 g/mol. The van der Waals surface area contributed by atoms with Gasteiger partial charge in [-0.25, -0.2) is 9.78 Å². The number of carbonyl (C=O) groups excluding carboxylic acids is 1. The molecule has 12 heteroatoms. The Balaban J connectivity index is 1.62. The Hall–Kier alpha value is -3.67. The van der Waals surface area contributed by atoms with Gasteiger partial charge in [0.05, 0.1) is 30.8 Å². The molecule has 210 valence electrons. The predicted octanol–water partition coefficient (Wildman–Crippen LogP) is 7.21. The van der Waals surface area contributed by atoms with E-state index in [1.165, 1.54) is 18.0 Å². The second kappa shape index (κ2) is 12.1. The van der Waals surface area contributed by atoms with Crippen LogP contribution >= 0.6 is 43.5 Å². The number of benzene rings is 3. The van der Waals surface area contributed by atoms with Gasteiger partial charge in [-0.3, -0.25) is 4.79 Å². The van der Waals surface area contributed by atoms with Crippen LogP contribution in [-0.2, 0) is 9.53 Å². The predicted molar refractivity (Wildman–Crippen MR) is 164 cm³/mol. The number of hydrogen-bond acceptors (Lipinski definition) is 8. The van der Waals surface area contributed by atoms with Crippen LogP contribution in [0.25, 0.3) is 33.5 Å². The van der Waals surface area contributed by atoms with Crippen LogP contribution in [0.2, 0.25) is 5.02 Å². The highest BCUT2D eigenvalue weighted by molar-refractivity contribution is 9.10. The smallest absolute Gasteiger partial charge is 0.347 e. The molecule has 0 aliphatic carbocycles. The third-order valence-corrected chi connectivity index (χ3v) is 7.99. The third-order valence-electron chi connectivity index (χ3n) is 6.05. The Kier molecular flexibility index (Phi) is 8.48. The minimum Gasteiger partial charge on any atom is -0.493 e. The zero-order valence-electron chi connectivity index (χ0n) is 22.0. The molecule has 0 spiro atoms. The number of ether oxygens (including phenoxy) is 3. The van der Waals surface area contributed by atoms with Crippen molar-refractivity contribution in [2.24, 2.45) is 5.10 Å². The zero-order valence-corrected chi connectivity index (χ0v) is 25.9. The molecule has 41 heavy (non-hydrogen) atoms. The van der Waals surface area contributed by atoms with Gasteiger partial charge in [0.25, 0.3) is 5.56 Å². The van der Waals surface area contributed by atoms with Crippen LogP contribution in [0, 0.1) is 0 Å². The molecule has 0 aliphatic heterocycles. The molecule has 0 unspecified atom stereocenters. The maximum absolute atomic E-state index is 13.6. The van der Waals surface area contributed by atoms with Crippen molar-refractivity contribution in [3.8, 4) is 23.1 Å². The summed E-state index contributed by atoms with van der Waals surface area (Å²) in [5.74, 6) is 0.445. The number of rotatable bonds is 8. The van der Waals surface area contributed by atoms with E-state index in [4.69, 9.17) is 35.2 Å². The molecule has 3 aromatic carbocycles. The van der Waals surface area contributed by atoms with E-state index in [0.717, 1.165) is 9.86 Å². The second-order valence-electron chi connectivity index (χ2n) is 8.74. The fraction of sp³-hybridized carbons (Fsp3) is 0.172. The molecule has 0 N–H and O–H groups in total. The topological polar surface area (TPSA) is 105 Å². The van der Waals surface area contributed by atoms with Crippen LogP contribution in [0.1, 0.15) is 19.4 Å². The Labute approximate surface area is 255 Å². The molecular weight excluding hydrogens is 682 g/mol. The van der Waals surface area contributed by atoms with Crippen LogP contribution in [0.3, 0.4) is 0 Å². The van der Waals surface area contributed by atoms with Gasteiger partial charge in [-0.05, 0) is 72.2 Å². The van der Waals surface area contributed by atoms with Crippen molar-refractivity contribution in [1.82, 2.24) is 9.66 Å². The molecular formula is C29H22Br2ClN3O6. The number of hydrogen-bond donors (Lipinski definition) is 0. The number of furan rings is 1. The number of fused-ring (bicyclic) bond motifs is 2. The van der Waals surface area contributed by atoms with E-state index in [0.29, 0.717) is 32.3 Å². The Morgan fingerprint density at radius 3 is 2.73 bits per heavy atom. The summed E-state index contributed by atoms with van der Waals surface area (Å²) < 4.78 is 24.8. The number of carbonyl (C=O) groups is 1. The highest BCUT2D eigenvalue weighted by Gasteiger charge is 2.23. The lowest BCUT2D eigenvalue weighted by Gasteiger charge is -2.18. The van der Waals surface area contributed by atoms with Crippen LogP contribution < -0.4 is 15.0 Å². The standard InChI is InChI=1S/C29H22Br2ClN3O6/c1-4-39-29(37)15(2)40-26-22(38-3)13-17(24(31)25(26)32)14-33-35-27(34-20-8-6-5-7-19(20)28(35)36)23-12-16-11-18(30)9-10-21(16)41-23/h5-15H,4H2,1-3H3/t15-/m0/s1. The lowest BCUT2D eigenvalue weighted by Crippen LogP contribution is -2.26. The van der Waals surface area contributed by atoms with Crippen molar-refractivity contribution < 1.29 is 23.4 Å². The maximum Gasteiger partial charge on any atom is 0.347 e. The van der Waals surface area contributed by atoms with Crippen LogP contribution in [0.5, 0.6) is 11.5 Å². The van der Waals surface area contributed by atoms with Crippen molar-refractivity contribution in [3.05, 3.63) is 84.5 Å². The number of esters is 1. The summed E-state index contributed by atoms with van der Waals surface area (Å²) in [5, 5.41) is 5.87. The van der Waals surface area contributed by atoms with Gasteiger partial charge in [-0.1, -0.05) is 39.7 Å². The van der Waals surface area contributed by atoms with Gasteiger partial charge in [0.2, 0.25) is 5.82 Å². The summed E-state index contributed by atoms with van der Waals surface area (Å²) in [7, 11) is 1.44. The lowest BCUT2D eigenvalue weighted by atomic mass is 10.2. The van der Waals surface area contributed by atoms with Crippen molar-refractivity contribution in [1.29, 1.82) is 0 Å². The minimum atomic E-state index is -0.929. The van der Waals surface area contributed by atoms with Gasteiger partial charge in [-0.15, -0.1) is 0 Å².